The topological polar surface area (TPSA) is 18.5 Å². The van der Waals surface area contributed by atoms with E-state index in [0.29, 0.717) is 12.5 Å². The van der Waals surface area contributed by atoms with Gasteiger partial charge in [0.25, 0.3) is 0 Å². The summed E-state index contributed by atoms with van der Waals surface area (Å²) >= 11 is 0. The Morgan fingerprint density at radius 2 is 1.53 bits per heavy atom. The molecule has 2 unspecified atom stereocenters. The van der Waals surface area contributed by atoms with E-state index in [9.17, 15) is 0 Å². The first kappa shape index (κ1) is 30.1. The highest BCUT2D eigenvalue weighted by molar-refractivity contribution is 5.59. The van der Waals surface area contributed by atoms with E-state index in [-0.39, 0.29) is 0 Å². The van der Waals surface area contributed by atoms with Gasteiger partial charge in [0.05, 0.1) is 0 Å². The minimum absolute atomic E-state index is 0.423. The first-order chi connectivity index (χ1) is 18.1. The molecule has 2 aromatic rings. The zero-order valence-corrected chi connectivity index (χ0v) is 25.5. The van der Waals surface area contributed by atoms with Crippen molar-refractivity contribution in [3.63, 3.8) is 0 Å². The van der Waals surface area contributed by atoms with Crippen molar-refractivity contribution in [3.8, 4) is 23.3 Å². The lowest BCUT2D eigenvalue weighted by atomic mass is 9.87. The average molecular weight is 517 g/mol. The van der Waals surface area contributed by atoms with Gasteiger partial charge in [0.15, 0.2) is 5.60 Å². The fraction of sp³-hybridized carbons (Fsp3) is 0.611. The number of ether oxygens (including phenoxy) is 2. The molecule has 2 nitrogen and oxygen atoms in total. The smallest absolute Gasteiger partial charge is 0.166 e. The summed E-state index contributed by atoms with van der Waals surface area (Å²) in [6.07, 6.45) is 10.9. The summed E-state index contributed by atoms with van der Waals surface area (Å²) in [5.74, 6) is 11.4. The molecule has 0 saturated carbocycles. The van der Waals surface area contributed by atoms with Gasteiger partial charge in [0.1, 0.15) is 18.1 Å². The van der Waals surface area contributed by atoms with Gasteiger partial charge in [-0.15, -0.1) is 0 Å². The zero-order valence-electron chi connectivity index (χ0n) is 25.5. The molecule has 3 rings (SSSR count). The molecule has 38 heavy (non-hydrogen) atoms. The third-order valence-corrected chi connectivity index (χ3v) is 8.39. The molecule has 0 aromatic heterocycles. The maximum absolute atomic E-state index is 6.65. The van der Waals surface area contributed by atoms with Crippen LogP contribution < -0.4 is 9.47 Å². The molecular formula is C36H52O2. The van der Waals surface area contributed by atoms with Crippen molar-refractivity contribution in [2.24, 2.45) is 17.8 Å². The molecule has 3 atom stereocenters. The molecule has 2 heteroatoms. The van der Waals surface area contributed by atoms with Gasteiger partial charge in [-0.25, -0.2) is 0 Å². The lowest BCUT2D eigenvalue weighted by Gasteiger charge is -2.35. The molecule has 1 aliphatic heterocycles. The predicted octanol–water partition coefficient (Wildman–Crippen LogP) is 9.94. The van der Waals surface area contributed by atoms with Crippen molar-refractivity contribution in [2.75, 3.05) is 0 Å². The van der Waals surface area contributed by atoms with Crippen LogP contribution in [0.1, 0.15) is 114 Å². The van der Waals surface area contributed by atoms with Crippen LogP contribution >= 0.6 is 0 Å². The fourth-order valence-corrected chi connectivity index (χ4v) is 5.62. The second-order valence-corrected chi connectivity index (χ2v) is 12.6. The van der Waals surface area contributed by atoms with Gasteiger partial charge in [-0.2, -0.15) is 0 Å². The number of rotatable bonds is 12. The summed E-state index contributed by atoms with van der Waals surface area (Å²) in [6, 6.07) is 10.4. The van der Waals surface area contributed by atoms with E-state index in [4.69, 9.17) is 9.47 Å². The van der Waals surface area contributed by atoms with E-state index in [0.717, 1.165) is 42.6 Å². The Morgan fingerprint density at radius 3 is 2.21 bits per heavy atom. The zero-order chi connectivity index (χ0) is 27.7. The van der Waals surface area contributed by atoms with Crippen LogP contribution in [0, 0.1) is 50.4 Å². The van der Waals surface area contributed by atoms with Gasteiger partial charge >= 0.3 is 0 Å². The summed E-state index contributed by atoms with van der Waals surface area (Å²) in [5, 5.41) is 0. The lowest BCUT2D eigenvalue weighted by Crippen LogP contribution is -2.35. The van der Waals surface area contributed by atoms with Gasteiger partial charge in [-0.3, -0.25) is 0 Å². The van der Waals surface area contributed by atoms with Crippen molar-refractivity contribution >= 4 is 0 Å². The summed E-state index contributed by atoms with van der Waals surface area (Å²) in [4.78, 5) is 0. The normalized spacial score (nSPS) is 18.2. The number of benzene rings is 2. The Balaban J connectivity index is 1.55. The van der Waals surface area contributed by atoms with Crippen LogP contribution in [0.25, 0.3) is 0 Å². The first-order valence-electron chi connectivity index (χ1n) is 15.1. The third-order valence-electron chi connectivity index (χ3n) is 8.39. The van der Waals surface area contributed by atoms with Crippen LogP contribution in [-0.4, -0.2) is 5.60 Å². The van der Waals surface area contributed by atoms with E-state index < -0.39 is 5.60 Å². The first-order valence-corrected chi connectivity index (χ1v) is 15.1. The molecule has 0 fully saturated rings. The van der Waals surface area contributed by atoms with Gasteiger partial charge in [0, 0.05) is 18.4 Å². The van der Waals surface area contributed by atoms with Crippen LogP contribution in [0.4, 0.5) is 0 Å². The van der Waals surface area contributed by atoms with Gasteiger partial charge < -0.3 is 9.47 Å². The van der Waals surface area contributed by atoms with Crippen LogP contribution in [0.15, 0.2) is 30.3 Å². The van der Waals surface area contributed by atoms with Crippen LogP contribution in [0.3, 0.4) is 0 Å². The second-order valence-electron chi connectivity index (χ2n) is 12.6. The summed E-state index contributed by atoms with van der Waals surface area (Å²) < 4.78 is 13.0. The largest absolute Gasteiger partial charge is 0.488 e. The van der Waals surface area contributed by atoms with Crippen LogP contribution in [0.5, 0.6) is 11.5 Å². The van der Waals surface area contributed by atoms with E-state index >= 15 is 0 Å². The van der Waals surface area contributed by atoms with Crippen molar-refractivity contribution < 1.29 is 9.47 Å². The molecule has 0 saturated heterocycles. The van der Waals surface area contributed by atoms with Gasteiger partial charge in [-0.05, 0) is 80.5 Å². The molecule has 1 aliphatic rings. The number of fused-ring (bicyclic) bond motifs is 1. The molecule has 0 amide bonds. The Labute approximate surface area is 233 Å². The fourth-order valence-electron chi connectivity index (χ4n) is 5.62. The Hall–Kier alpha value is -2.40. The maximum Gasteiger partial charge on any atom is 0.166 e. The highest BCUT2D eigenvalue weighted by Crippen LogP contribution is 2.43. The Bertz CT molecular complexity index is 1090. The molecule has 208 valence electrons. The van der Waals surface area contributed by atoms with Crippen molar-refractivity contribution in [1.82, 2.24) is 0 Å². The highest BCUT2D eigenvalue weighted by Gasteiger charge is 2.33. The van der Waals surface area contributed by atoms with E-state index in [2.05, 4.69) is 91.5 Å². The summed E-state index contributed by atoms with van der Waals surface area (Å²) in [5.41, 5.74) is 5.60. The highest BCUT2D eigenvalue weighted by atomic mass is 16.5. The number of hydrogen-bond donors (Lipinski definition) is 0. The van der Waals surface area contributed by atoms with Crippen LogP contribution in [-0.2, 0) is 13.0 Å². The van der Waals surface area contributed by atoms with E-state index in [1.807, 2.05) is 6.07 Å². The van der Waals surface area contributed by atoms with Crippen molar-refractivity contribution in [3.05, 3.63) is 58.1 Å². The molecule has 0 bridgehead atoms. The summed E-state index contributed by atoms with van der Waals surface area (Å²) in [6.45, 7) is 18.7. The molecule has 0 N–H and O–H groups in total. The maximum atomic E-state index is 6.65. The van der Waals surface area contributed by atoms with Crippen LogP contribution in [0.2, 0.25) is 0 Å². The molecule has 1 heterocycles. The lowest BCUT2D eigenvalue weighted by molar-refractivity contribution is 0.122. The Kier molecular flexibility index (Phi) is 11.2. The van der Waals surface area contributed by atoms with Gasteiger partial charge in [-0.1, -0.05) is 102 Å². The molecule has 2 aromatic carbocycles. The quantitative estimate of drug-likeness (QED) is 0.261. The molecule has 0 radical (unpaired) electrons. The van der Waals surface area contributed by atoms with E-state index in [1.165, 1.54) is 66.3 Å². The van der Waals surface area contributed by atoms with Crippen molar-refractivity contribution in [2.45, 2.75) is 125 Å². The Morgan fingerprint density at radius 1 is 0.868 bits per heavy atom. The predicted molar refractivity (Wildman–Crippen MR) is 162 cm³/mol. The molecule has 0 aliphatic carbocycles. The monoisotopic (exact) mass is 516 g/mol. The minimum atomic E-state index is -0.423. The summed E-state index contributed by atoms with van der Waals surface area (Å²) in [7, 11) is 0. The SMILES string of the molecule is Cc1c(C)c2c(c(C)c1OCc1ccccc1)CC[C@@](C)(C#CCC(C)CCCC(C)CCCC(C)C)O2. The number of hydrogen-bond acceptors (Lipinski definition) is 2. The van der Waals surface area contributed by atoms with Gasteiger partial charge in [0.2, 0.25) is 0 Å². The van der Waals surface area contributed by atoms with E-state index in [1.54, 1.807) is 0 Å². The van der Waals surface area contributed by atoms with Crippen molar-refractivity contribution in [1.29, 1.82) is 0 Å². The second kappa shape index (κ2) is 14.1. The molecule has 0 spiro atoms. The minimum Gasteiger partial charge on any atom is -0.488 e. The average Bonchev–Trinajstić information content (AvgIpc) is 2.87. The standard InChI is InChI=1S/C36H52O2/c1-26(2)15-12-16-27(3)17-13-18-28(4)19-14-23-36(8)24-22-33-31(7)34(29(5)30(6)35(33)38-36)37-25-32-20-10-9-11-21-32/h9-11,20-21,26-28H,12-13,15-19,22,24-25H2,1-8H3/t27?,28?,36-/m1/s1. The molecular weight excluding hydrogens is 464 g/mol. The third kappa shape index (κ3) is 8.56.